The van der Waals surface area contributed by atoms with Crippen LogP contribution in [0.25, 0.3) is 21.1 Å². The Morgan fingerprint density at radius 2 is 2.04 bits per heavy atom. The standard InChI is InChI=1S/C18H15N3OS/c1-11-19-15-6-5-14(10-17(15)23-11)20-18(22)13-4-3-12-7-8-21(2)16(12)9-13/h3-10H,1-2H3,(H,20,22). The Kier molecular flexibility index (Phi) is 3.16. The molecule has 0 aliphatic heterocycles. The molecule has 0 aliphatic rings. The Labute approximate surface area is 137 Å². The molecular weight excluding hydrogens is 306 g/mol. The van der Waals surface area contributed by atoms with Crippen molar-refractivity contribution in [3.63, 3.8) is 0 Å². The summed E-state index contributed by atoms with van der Waals surface area (Å²) in [5.41, 5.74) is 3.46. The highest BCUT2D eigenvalue weighted by atomic mass is 32.1. The molecule has 4 aromatic rings. The summed E-state index contributed by atoms with van der Waals surface area (Å²) < 4.78 is 3.09. The molecule has 23 heavy (non-hydrogen) atoms. The average molecular weight is 321 g/mol. The van der Waals surface area contributed by atoms with Crippen molar-refractivity contribution in [3.05, 3.63) is 59.2 Å². The van der Waals surface area contributed by atoms with Gasteiger partial charge in [0.05, 0.1) is 15.2 Å². The van der Waals surface area contributed by atoms with Crippen LogP contribution in [0.5, 0.6) is 0 Å². The number of thiazole rings is 1. The number of rotatable bonds is 2. The molecule has 4 nitrogen and oxygen atoms in total. The molecule has 0 spiro atoms. The average Bonchev–Trinajstić information content (AvgIpc) is 3.09. The van der Waals surface area contributed by atoms with Gasteiger partial charge in [-0.2, -0.15) is 0 Å². The van der Waals surface area contributed by atoms with Gasteiger partial charge in [0.1, 0.15) is 0 Å². The number of nitrogens with one attached hydrogen (secondary N) is 1. The minimum atomic E-state index is -0.103. The number of carbonyl (C=O) groups excluding carboxylic acids is 1. The third-order valence-corrected chi connectivity index (χ3v) is 4.84. The number of nitrogens with zero attached hydrogens (tertiary/aromatic N) is 2. The van der Waals surface area contributed by atoms with Gasteiger partial charge in [-0.15, -0.1) is 11.3 Å². The van der Waals surface area contributed by atoms with Crippen molar-refractivity contribution in [2.45, 2.75) is 6.92 Å². The molecule has 2 aromatic heterocycles. The Morgan fingerprint density at radius 1 is 1.17 bits per heavy atom. The van der Waals surface area contributed by atoms with Gasteiger partial charge in [0.25, 0.3) is 5.91 Å². The summed E-state index contributed by atoms with van der Waals surface area (Å²) in [6, 6.07) is 13.6. The predicted molar refractivity (Wildman–Crippen MR) is 95.2 cm³/mol. The van der Waals surface area contributed by atoms with Crippen molar-refractivity contribution in [1.29, 1.82) is 0 Å². The zero-order valence-corrected chi connectivity index (χ0v) is 13.6. The van der Waals surface area contributed by atoms with E-state index in [9.17, 15) is 4.79 Å². The molecule has 0 atom stereocenters. The van der Waals surface area contributed by atoms with Crippen molar-refractivity contribution in [2.24, 2.45) is 7.05 Å². The zero-order chi connectivity index (χ0) is 16.0. The van der Waals surface area contributed by atoms with E-state index < -0.39 is 0 Å². The van der Waals surface area contributed by atoms with Crippen LogP contribution in [-0.4, -0.2) is 15.5 Å². The summed E-state index contributed by atoms with van der Waals surface area (Å²) >= 11 is 1.63. The van der Waals surface area contributed by atoms with Crippen LogP contribution in [0.2, 0.25) is 0 Å². The number of anilines is 1. The van der Waals surface area contributed by atoms with E-state index in [4.69, 9.17) is 0 Å². The maximum Gasteiger partial charge on any atom is 0.255 e. The molecule has 0 saturated heterocycles. The summed E-state index contributed by atoms with van der Waals surface area (Å²) in [7, 11) is 1.98. The monoisotopic (exact) mass is 321 g/mol. The fraction of sp³-hybridized carbons (Fsp3) is 0.111. The number of aromatic nitrogens is 2. The lowest BCUT2D eigenvalue weighted by atomic mass is 10.1. The number of hydrogen-bond acceptors (Lipinski definition) is 3. The van der Waals surface area contributed by atoms with Gasteiger partial charge in [-0.25, -0.2) is 4.98 Å². The van der Waals surface area contributed by atoms with E-state index in [1.807, 2.05) is 67.2 Å². The molecule has 0 fully saturated rings. The van der Waals surface area contributed by atoms with E-state index in [-0.39, 0.29) is 5.91 Å². The lowest BCUT2D eigenvalue weighted by molar-refractivity contribution is 0.102. The van der Waals surface area contributed by atoms with E-state index in [2.05, 4.69) is 10.3 Å². The predicted octanol–water partition coefficient (Wildman–Crippen LogP) is 4.35. The molecule has 5 heteroatoms. The van der Waals surface area contributed by atoms with Crippen LogP contribution in [0.15, 0.2) is 48.7 Å². The number of hydrogen-bond donors (Lipinski definition) is 1. The van der Waals surface area contributed by atoms with Crippen LogP contribution in [-0.2, 0) is 7.05 Å². The second-order valence-corrected chi connectivity index (χ2v) is 6.80. The number of benzene rings is 2. The van der Waals surface area contributed by atoms with Crippen LogP contribution < -0.4 is 5.32 Å². The van der Waals surface area contributed by atoms with Gasteiger partial charge in [0.15, 0.2) is 0 Å². The first-order valence-corrected chi connectivity index (χ1v) is 8.15. The van der Waals surface area contributed by atoms with Gasteiger partial charge in [-0.1, -0.05) is 6.07 Å². The highest BCUT2D eigenvalue weighted by Crippen LogP contribution is 2.25. The van der Waals surface area contributed by atoms with Gasteiger partial charge >= 0.3 is 0 Å². The van der Waals surface area contributed by atoms with Crippen LogP contribution in [0.1, 0.15) is 15.4 Å². The second kappa shape index (κ2) is 5.21. The summed E-state index contributed by atoms with van der Waals surface area (Å²) in [5.74, 6) is -0.103. The maximum atomic E-state index is 12.5. The van der Waals surface area contributed by atoms with E-state index >= 15 is 0 Å². The van der Waals surface area contributed by atoms with Gasteiger partial charge in [0.2, 0.25) is 0 Å². The van der Waals surface area contributed by atoms with Crippen molar-refractivity contribution in [2.75, 3.05) is 5.32 Å². The number of fused-ring (bicyclic) bond motifs is 2. The molecule has 0 saturated carbocycles. The Hall–Kier alpha value is -2.66. The van der Waals surface area contributed by atoms with Crippen molar-refractivity contribution < 1.29 is 4.79 Å². The van der Waals surface area contributed by atoms with E-state index in [0.29, 0.717) is 5.56 Å². The van der Waals surface area contributed by atoms with Gasteiger partial charge in [-0.05, 0) is 48.7 Å². The third kappa shape index (κ3) is 2.49. The quantitative estimate of drug-likeness (QED) is 0.596. The van der Waals surface area contributed by atoms with E-state index in [0.717, 1.165) is 31.8 Å². The molecule has 0 radical (unpaired) electrons. The summed E-state index contributed by atoms with van der Waals surface area (Å²) in [6.07, 6.45) is 1.99. The first kappa shape index (κ1) is 14.0. The smallest absolute Gasteiger partial charge is 0.255 e. The molecule has 2 heterocycles. The van der Waals surface area contributed by atoms with Crippen LogP contribution in [0, 0.1) is 6.92 Å². The van der Waals surface area contributed by atoms with Crippen LogP contribution >= 0.6 is 11.3 Å². The molecule has 0 aliphatic carbocycles. The largest absolute Gasteiger partial charge is 0.351 e. The first-order chi connectivity index (χ1) is 11.1. The fourth-order valence-electron chi connectivity index (χ4n) is 2.72. The lowest BCUT2D eigenvalue weighted by Crippen LogP contribution is -2.11. The molecule has 4 rings (SSSR count). The first-order valence-electron chi connectivity index (χ1n) is 7.34. The molecule has 0 bridgehead atoms. The van der Waals surface area contributed by atoms with Crippen molar-refractivity contribution >= 4 is 44.1 Å². The molecular formula is C18H15N3OS. The second-order valence-electron chi connectivity index (χ2n) is 5.57. The van der Waals surface area contributed by atoms with Crippen LogP contribution in [0.3, 0.4) is 0 Å². The Bertz CT molecular complexity index is 1040. The van der Waals surface area contributed by atoms with Gasteiger partial charge < -0.3 is 9.88 Å². The lowest BCUT2D eigenvalue weighted by Gasteiger charge is -2.06. The van der Waals surface area contributed by atoms with Crippen molar-refractivity contribution in [1.82, 2.24) is 9.55 Å². The number of carbonyl (C=O) groups is 1. The van der Waals surface area contributed by atoms with Crippen molar-refractivity contribution in [3.8, 4) is 0 Å². The minimum absolute atomic E-state index is 0.103. The number of amides is 1. The number of aryl methyl sites for hydroxylation is 2. The fourth-order valence-corrected chi connectivity index (χ4v) is 3.59. The summed E-state index contributed by atoms with van der Waals surface area (Å²) in [4.78, 5) is 16.9. The maximum absolute atomic E-state index is 12.5. The Morgan fingerprint density at radius 3 is 2.91 bits per heavy atom. The normalized spacial score (nSPS) is 11.2. The zero-order valence-electron chi connectivity index (χ0n) is 12.8. The highest BCUT2D eigenvalue weighted by Gasteiger charge is 2.09. The van der Waals surface area contributed by atoms with E-state index in [1.165, 1.54) is 0 Å². The Balaban J connectivity index is 1.65. The SMILES string of the molecule is Cc1nc2ccc(NC(=O)c3ccc4ccn(C)c4c3)cc2s1. The van der Waals surface area contributed by atoms with Gasteiger partial charge in [0, 0.05) is 30.0 Å². The highest BCUT2D eigenvalue weighted by molar-refractivity contribution is 7.18. The molecule has 2 aromatic carbocycles. The molecule has 0 unspecified atom stereocenters. The topological polar surface area (TPSA) is 46.9 Å². The summed E-state index contributed by atoms with van der Waals surface area (Å²) in [6.45, 7) is 1.98. The third-order valence-electron chi connectivity index (χ3n) is 3.90. The van der Waals surface area contributed by atoms with E-state index in [1.54, 1.807) is 11.3 Å². The van der Waals surface area contributed by atoms with Gasteiger partial charge in [-0.3, -0.25) is 4.79 Å². The molecule has 1 N–H and O–H groups in total. The minimum Gasteiger partial charge on any atom is -0.351 e. The molecule has 1 amide bonds. The van der Waals surface area contributed by atoms with Crippen LogP contribution in [0.4, 0.5) is 5.69 Å². The summed E-state index contributed by atoms with van der Waals surface area (Å²) in [5, 5.41) is 5.12. The molecule has 114 valence electrons.